The highest BCUT2D eigenvalue weighted by Gasteiger charge is 2.13. The van der Waals surface area contributed by atoms with Crippen LogP contribution >= 0.6 is 0 Å². The Balaban J connectivity index is 2.29. The fourth-order valence-electron chi connectivity index (χ4n) is 2.20. The van der Waals surface area contributed by atoms with Gasteiger partial charge in [-0.2, -0.15) is 0 Å². The first-order valence-corrected chi connectivity index (χ1v) is 6.60. The van der Waals surface area contributed by atoms with Crippen molar-refractivity contribution in [1.29, 1.82) is 0 Å². The van der Waals surface area contributed by atoms with E-state index in [4.69, 9.17) is 4.74 Å². The normalized spacial score (nSPS) is 12.4. The molecule has 1 unspecified atom stereocenters. The standard InChI is InChI=1S/C17H20O2/c1-3-13-8-10-14(11-9-13)17(18)16-7-5-4-6-15(16)12-19-2/h4-11,17-18H,3,12H2,1-2H3. The van der Waals surface area contributed by atoms with E-state index < -0.39 is 6.10 Å². The van der Waals surface area contributed by atoms with E-state index in [1.165, 1.54) is 5.56 Å². The number of rotatable bonds is 5. The lowest BCUT2D eigenvalue weighted by atomic mass is 9.96. The monoisotopic (exact) mass is 256 g/mol. The number of methoxy groups -OCH3 is 1. The van der Waals surface area contributed by atoms with Crippen LogP contribution in [0.3, 0.4) is 0 Å². The van der Waals surface area contributed by atoms with E-state index in [1.54, 1.807) is 7.11 Å². The van der Waals surface area contributed by atoms with E-state index in [1.807, 2.05) is 36.4 Å². The van der Waals surface area contributed by atoms with Gasteiger partial charge in [0.25, 0.3) is 0 Å². The number of aliphatic hydroxyl groups excluding tert-OH is 1. The van der Waals surface area contributed by atoms with Crippen molar-refractivity contribution >= 4 is 0 Å². The molecular formula is C17H20O2. The highest BCUT2D eigenvalue weighted by atomic mass is 16.5. The maximum Gasteiger partial charge on any atom is 0.104 e. The summed E-state index contributed by atoms with van der Waals surface area (Å²) in [6, 6.07) is 16.0. The zero-order chi connectivity index (χ0) is 13.7. The minimum absolute atomic E-state index is 0.514. The molecular weight excluding hydrogens is 236 g/mol. The van der Waals surface area contributed by atoms with Crippen molar-refractivity contribution in [2.45, 2.75) is 26.1 Å². The first-order valence-electron chi connectivity index (χ1n) is 6.60. The highest BCUT2D eigenvalue weighted by molar-refractivity contribution is 5.36. The molecule has 1 atom stereocenters. The zero-order valence-corrected chi connectivity index (χ0v) is 11.5. The Kier molecular flexibility index (Phi) is 4.72. The summed E-state index contributed by atoms with van der Waals surface area (Å²) >= 11 is 0. The third kappa shape index (κ3) is 3.22. The third-order valence-corrected chi connectivity index (χ3v) is 3.35. The van der Waals surface area contributed by atoms with Crippen LogP contribution in [0.25, 0.3) is 0 Å². The molecule has 0 amide bonds. The Morgan fingerprint density at radius 1 is 1.05 bits per heavy atom. The van der Waals surface area contributed by atoms with Gasteiger partial charge < -0.3 is 9.84 Å². The lowest BCUT2D eigenvalue weighted by molar-refractivity contribution is 0.176. The lowest BCUT2D eigenvalue weighted by Gasteiger charge is -2.16. The SMILES string of the molecule is CCc1ccc(C(O)c2ccccc2COC)cc1. The molecule has 0 bridgehead atoms. The van der Waals surface area contributed by atoms with Gasteiger partial charge in [0.05, 0.1) is 6.61 Å². The van der Waals surface area contributed by atoms with E-state index >= 15 is 0 Å². The molecule has 1 N–H and O–H groups in total. The molecule has 2 aromatic rings. The summed E-state index contributed by atoms with van der Waals surface area (Å²) in [6.07, 6.45) is 0.411. The summed E-state index contributed by atoms with van der Waals surface area (Å²) in [6.45, 7) is 2.64. The Morgan fingerprint density at radius 3 is 2.37 bits per heavy atom. The van der Waals surface area contributed by atoms with Crippen LogP contribution in [0.15, 0.2) is 48.5 Å². The van der Waals surface area contributed by atoms with Crippen molar-refractivity contribution < 1.29 is 9.84 Å². The molecule has 0 aromatic heterocycles. The second-order valence-corrected chi connectivity index (χ2v) is 4.63. The number of hydrogen-bond acceptors (Lipinski definition) is 2. The number of hydrogen-bond donors (Lipinski definition) is 1. The van der Waals surface area contributed by atoms with Gasteiger partial charge in [0.2, 0.25) is 0 Å². The molecule has 0 aliphatic carbocycles. The molecule has 2 rings (SSSR count). The Bertz CT molecular complexity index is 517. The van der Waals surface area contributed by atoms with Crippen LogP contribution < -0.4 is 0 Å². The number of aryl methyl sites for hydroxylation is 1. The van der Waals surface area contributed by atoms with Crippen LogP contribution in [-0.4, -0.2) is 12.2 Å². The van der Waals surface area contributed by atoms with Crippen LogP contribution in [0.4, 0.5) is 0 Å². The minimum Gasteiger partial charge on any atom is -0.384 e. The fraction of sp³-hybridized carbons (Fsp3) is 0.294. The number of ether oxygens (including phenoxy) is 1. The Hall–Kier alpha value is -1.64. The molecule has 2 heteroatoms. The minimum atomic E-state index is -0.600. The average Bonchev–Trinajstić information content (AvgIpc) is 2.47. The quantitative estimate of drug-likeness (QED) is 0.887. The van der Waals surface area contributed by atoms with E-state index in [-0.39, 0.29) is 0 Å². The van der Waals surface area contributed by atoms with E-state index in [0.717, 1.165) is 23.1 Å². The lowest BCUT2D eigenvalue weighted by Crippen LogP contribution is -2.04. The van der Waals surface area contributed by atoms with Gasteiger partial charge in [-0.05, 0) is 28.7 Å². The average molecular weight is 256 g/mol. The summed E-state index contributed by atoms with van der Waals surface area (Å²) in [4.78, 5) is 0. The van der Waals surface area contributed by atoms with E-state index in [2.05, 4.69) is 19.1 Å². The second-order valence-electron chi connectivity index (χ2n) is 4.63. The van der Waals surface area contributed by atoms with Crippen molar-refractivity contribution in [2.75, 3.05) is 7.11 Å². The number of aliphatic hydroxyl groups is 1. The predicted octanol–water partition coefficient (Wildman–Crippen LogP) is 3.48. The molecule has 0 aliphatic heterocycles. The summed E-state index contributed by atoms with van der Waals surface area (Å²) in [5, 5.41) is 10.5. The molecule has 0 saturated heterocycles. The van der Waals surface area contributed by atoms with Crippen molar-refractivity contribution in [3.05, 3.63) is 70.8 Å². The first kappa shape index (κ1) is 13.8. The third-order valence-electron chi connectivity index (χ3n) is 3.35. The van der Waals surface area contributed by atoms with E-state index in [0.29, 0.717) is 6.61 Å². The summed E-state index contributed by atoms with van der Waals surface area (Å²) < 4.78 is 5.18. The summed E-state index contributed by atoms with van der Waals surface area (Å²) in [5.41, 5.74) is 4.13. The Labute approximate surface area is 114 Å². The molecule has 0 saturated carbocycles. The predicted molar refractivity (Wildman–Crippen MR) is 77.0 cm³/mol. The summed E-state index contributed by atoms with van der Waals surface area (Å²) in [7, 11) is 1.67. The molecule has 100 valence electrons. The maximum atomic E-state index is 10.5. The maximum absolute atomic E-state index is 10.5. The van der Waals surface area contributed by atoms with Gasteiger partial charge >= 0.3 is 0 Å². The second kappa shape index (κ2) is 6.50. The molecule has 0 aliphatic rings. The van der Waals surface area contributed by atoms with Crippen LogP contribution in [-0.2, 0) is 17.8 Å². The van der Waals surface area contributed by atoms with Crippen LogP contribution in [0.1, 0.15) is 35.3 Å². The molecule has 2 aromatic carbocycles. The van der Waals surface area contributed by atoms with Crippen molar-refractivity contribution in [2.24, 2.45) is 0 Å². The Morgan fingerprint density at radius 2 is 1.74 bits per heavy atom. The van der Waals surface area contributed by atoms with Crippen molar-refractivity contribution in [1.82, 2.24) is 0 Å². The van der Waals surface area contributed by atoms with Crippen LogP contribution in [0, 0.1) is 0 Å². The van der Waals surface area contributed by atoms with Gasteiger partial charge in [0.15, 0.2) is 0 Å². The van der Waals surface area contributed by atoms with Crippen LogP contribution in [0.2, 0.25) is 0 Å². The molecule has 0 fully saturated rings. The van der Waals surface area contributed by atoms with Crippen LogP contribution in [0.5, 0.6) is 0 Å². The van der Waals surface area contributed by atoms with Gasteiger partial charge in [0.1, 0.15) is 6.10 Å². The van der Waals surface area contributed by atoms with Gasteiger partial charge in [0, 0.05) is 7.11 Å². The van der Waals surface area contributed by atoms with Gasteiger partial charge in [-0.15, -0.1) is 0 Å². The smallest absolute Gasteiger partial charge is 0.104 e. The van der Waals surface area contributed by atoms with Gasteiger partial charge in [-0.3, -0.25) is 0 Å². The first-order chi connectivity index (χ1) is 9.26. The topological polar surface area (TPSA) is 29.5 Å². The van der Waals surface area contributed by atoms with Crippen molar-refractivity contribution in [3.63, 3.8) is 0 Å². The van der Waals surface area contributed by atoms with E-state index in [9.17, 15) is 5.11 Å². The van der Waals surface area contributed by atoms with Gasteiger partial charge in [-0.1, -0.05) is 55.5 Å². The molecule has 0 heterocycles. The molecule has 19 heavy (non-hydrogen) atoms. The fourth-order valence-corrected chi connectivity index (χ4v) is 2.20. The molecule has 2 nitrogen and oxygen atoms in total. The summed E-state index contributed by atoms with van der Waals surface area (Å²) in [5.74, 6) is 0. The zero-order valence-electron chi connectivity index (χ0n) is 11.5. The number of benzene rings is 2. The highest BCUT2D eigenvalue weighted by Crippen LogP contribution is 2.25. The largest absolute Gasteiger partial charge is 0.384 e. The van der Waals surface area contributed by atoms with Gasteiger partial charge in [-0.25, -0.2) is 0 Å². The molecule has 0 spiro atoms. The van der Waals surface area contributed by atoms with Crippen molar-refractivity contribution in [3.8, 4) is 0 Å². The molecule has 0 radical (unpaired) electrons.